The molecule has 1 atom stereocenters. The van der Waals surface area contributed by atoms with Crippen LogP contribution < -0.4 is 30.7 Å². The fourth-order valence-electron chi connectivity index (χ4n) is 3.12. The van der Waals surface area contributed by atoms with Crippen molar-refractivity contribution >= 4 is 29.2 Å². The number of benzene rings is 2. The number of nitrogens with two attached hydrogens (primary N) is 1. The van der Waals surface area contributed by atoms with Crippen LogP contribution in [0.5, 0.6) is 11.5 Å². The zero-order chi connectivity index (χ0) is 21.0. The van der Waals surface area contributed by atoms with Crippen molar-refractivity contribution in [1.29, 1.82) is 0 Å². The molecular formula is C20H22N4O5. The number of amides is 4. The summed E-state index contributed by atoms with van der Waals surface area (Å²) >= 11 is 0. The zero-order valence-electron chi connectivity index (χ0n) is 16.1. The minimum atomic E-state index is -0.541. The van der Waals surface area contributed by atoms with E-state index in [-0.39, 0.29) is 18.4 Å². The first-order valence-corrected chi connectivity index (χ1v) is 8.91. The molecule has 1 saturated heterocycles. The van der Waals surface area contributed by atoms with E-state index in [1.807, 2.05) is 0 Å². The van der Waals surface area contributed by atoms with Crippen molar-refractivity contribution in [3.63, 3.8) is 0 Å². The smallest absolute Gasteiger partial charge is 0.319 e. The molecule has 2 aromatic carbocycles. The number of ether oxygens (including phenoxy) is 2. The number of nitrogens with one attached hydrogen (secondary N) is 2. The molecule has 9 heteroatoms. The van der Waals surface area contributed by atoms with Gasteiger partial charge >= 0.3 is 6.03 Å². The number of hydrogen-bond donors (Lipinski definition) is 3. The number of methoxy groups -OCH3 is 2. The third-order valence-electron chi connectivity index (χ3n) is 4.57. The second-order valence-corrected chi connectivity index (χ2v) is 6.48. The second kappa shape index (κ2) is 8.51. The van der Waals surface area contributed by atoms with Crippen LogP contribution in [0.4, 0.5) is 16.2 Å². The van der Waals surface area contributed by atoms with Gasteiger partial charge in [-0.3, -0.25) is 9.59 Å². The molecule has 2 aromatic rings. The van der Waals surface area contributed by atoms with Gasteiger partial charge < -0.3 is 30.7 Å². The third kappa shape index (κ3) is 4.57. The highest BCUT2D eigenvalue weighted by molar-refractivity contribution is 5.98. The van der Waals surface area contributed by atoms with Crippen LogP contribution in [0.1, 0.15) is 16.8 Å². The molecule has 0 bridgehead atoms. The van der Waals surface area contributed by atoms with Gasteiger partial charge in [-0.05, 0) is 36.4 Å². The van der Waals surface area contributed by atoms with E-state index in [1.54, 1.807) is 42.3 Å². The molecular weight excluding hydrogens is 376 g/mol. The summed E-state index contributed by atoms with van der Waals surface area (Å²) in [6, 6.07) is 10.6. The lowest BCUT2D eigenvalue weighted by atomic mass is 10.2. The molecule has 4 N–H and O–H groups in total. The summed E-state index contributed by atoms with van der Waals surface area (Å²) in [4.78, 5) is 37.3. The second-order valence-electron chi connectivity index (χ2n) is 6.48. The number of urea groups is 1. The number of nitrogens with zero attached hydrogens (tertiary/aromatic N) is 1. The Morgan fingerprint density at radius 2 is 1.76 bits per heavy atom. The molecule has 152 valence electrons. The van der Waals surface area contributed by atoms with Crippen molar-refractivity contribution in [1.82, 2.24) is 5.32 Å². The largest absolute Gasteiger partial charge is 0.493 e. The number of carbonyl (C=O) groups is 3. The van der Waals surface area contributed by atoms with Crippen molar-refractivity contribution in [2.24, 2.45) is 5.73 Å². The van der Waals surface area contributed by atoms with Crippen LogP contribution in [-0.4, -0.2) is 44.7 Å². The van der Waals surface area contributed by atoms with E-state index in [0.717, 1.165) is 0 Å². The minimum absolute atomic E-state index is 0.103. The van der Waals surface area contributed by atoms with E-state index < -0.39 is 11.9 Å². The van der Waals surface area contributed by atoms with Gasteiger partial charge in [0.25, 0.3) is 0 Å². The quantitative estimate of drug-likeness (QED) is 0.684. The summed E-state index contributed by atoms with van der Waals surface area (Å²) in [6.45, 7) is 0.336. The summed E-state index contributed by atoms with van der Waals surface area (Å²) in [5, 5.41) is 5.46. The first kappa shape index (κ1) is 20.0. The molecule has 0 aliphatic carbocycles. The summed E-state index contributed by atoms with van der Waals surface area (Å²) in [5.74, 6) is 0.444. The Bertz CT molecular complexity index is 929. The Kier molecular flexibility index (Phi) is 5.87. The maximum absolute atomic E-state index is 12.4. The van der Waals surface area contributed by atoms with Gasteiger partial charge in [0.05, 0.1) is 20.3 Å². The number of primary amides is 1. The van der Waals surface area contributed by atoms with Crippen molar-refractivity contribution < 1.29 is 23.9 Å². The van der Waals surface area contributed by atoms with Gasteiger partial charge in [-0.25, -0.2) is 4.79 Å². The monoisotopic (exact) mass is 398 g/mol. The first-order chi connectivity index (χ1) is 13.9. The fourth-order valence-corrected chi connectivity index (χ4v) is 3.12. The SMILES string of the molecule is COc1ccc(N2C[C@@H](NC(=O)Nc3ccc(C(N)=O)cc3)CC2=O)cc1OC. The maximum Gasteiger partial charge on any atom is 0.319 e. The van der Waals surface area contributed by atoms with E-state index in [4.69, 9.17) is 15.2 Å². The number of hydrogen-bond acceptors (Lipinski definition) is 5. The Morgan fingerprint density at radius 1 is 1.07 bits per heavy atom. The average Bonchev–Trinajstić information content (AvgIpc) is 3.07. The van der Waals surface area contributed by atoms with Gasteiger partial charge in [0.2, 0.25) is 11.8 Å². The van der Waals surface area contributed by atoms with Crippen molar-refractivity contribution in [3.05, 3.63) is 48.0 Å². The third-order valence-corrected chi connectivity index (χ3v) is 4.57. The Morgan fingerprint density at radius 3 is 2.38 bits per heavy atom. The Balaban J connectivity index is 1.61. The van der Waals surface area contributed by atoms with E-state index in [2.05, 4.69) is 10.6 Å². The molecule has 1 heterocycles. The molecule has 1 aliphatic rings. The fraction of sp³-hybridized carbons (Fsp3) is 0.250. The topological polar surface area (TPSA) is 123 Å². The molecule has 1 fully saturated rings. The van der Waals surface area contributed by atoms with Gasteiger partial charge in [-0.1, -0.05) is 0 Å². The summed E-state index contributed by atoms with van der Waals surface area (Å²) in [6.07, 6.45) is 0.183. The van der Waals surface area contributed by atoms with Gasteiger partial charge in [-0.15, -0.1) is 0 Å². The van der Waals surface area contributed by atoms with Crippen LogP contribution in [0.2, 0.25) is 0 Å². The normalized spacial score (nSPS) is 15.7. The van der Waals surface area contributed by atoms with E-state index >= 15 is 0 Å². The highest BCUT2D eigenvalue weighted by atomic mass is 16.5. The van der Waals surface area contributed by atoms with Crippen LogP contribution >= 0.6 is 0 Å². The Hall–Kier alpha value is -3.75. The minimum Gasteiger partial charge on any atom is -0.493 e. The highest BCUT2D eigenvalue weighted by Crippen LogP contribution is 2.33. The number of anilines is 2. The summed E-state index contributed by atoms with van der Waals surface area (Å²) in [7, 11) is 3.07. The lowest BCUT2D eigenvalue weighted by Gasteiger charge is -2.19. The number of carbonyl (C=O) groups excluding carboxylic acids is 3. The molecule has 0 spiro atoms. The zero-order valence-corrected chi connectivity index (χ0v) is 16.1. The molecule has 0 radical (unpaired) electrons. The predicted molar refractivity (Wildman–Crippen MR) is 107 cm³/mol. The highest BCUT2D eigenvalue weighted by Gasteiger charge is 2.32. The molecule has 9 nitrogen and oxygen atoms in total. The summed E-state index contributed by atoms with van der Waals surface area (Å²) < 4.78 is 10.5. The van der Waals surface area contributed by atoms with Crippen LogP contribution in [-0.2, 0) is 4.79 Å². The lowest BCUT2D eigenvalue weighted by Crippen LogP contribution is -2.39. The van der Waals surface area contributed by atoms with E-state index in [9.17, 15) is 14.4 Å². The molecule has 0 aromatic heterocycles. The molecule has 1 aliphatic heterocycles. The summed E-state index contributed by atoms with van der Waals surface area (Å²) in [5.41, 5.74) is 6.72. The Labute approximate surface area is 167 Å². The first-order valence-electron chi connectivity index (χ1n) is 8.91. The van der Waals surface area contributed by atoms with Crippen LogP contribution in [0, 0.1) is 0 Å². The van der Waals surface area contributed by atoms with Crippen molar-refractivity contribution in [3.8, 4) is 11.5 Å². The average molecular weight is 398 g/mol. The van der Waals surface area contributed by atoms with Gasteiger partial charge in [-0.2, -0.15) is 0 Å². The maximum atomic E-state index is 12.4. The standard InChI is InChI=1S/C20H22N4O5/c1-28-16-8-7-15(10-17(16)29-2)24-11-14(9-18(24)25)23-20(27)22-13-5-3-12(4-6-13)19(21)26/h3-8,10,14H,9,11H2,1-2H3,(H2,21,26)(H2,22,23,27)/t14-/m0/s1. The lowest BCUT2D eigenvalue weighted by molar-refractivity contribution is -0.117. The van der Waals surface area contributed by atoms with E-state index in [0.29, 0.717) is 35.0 Å². The van der Waals surface area contributed by atoms with Crippen LogP contribution in [0.15, 0.2) is 42.5 Å². The van der Waals surface area contributed by atoms with Gasteiger partial charge in [0, 0.05) is 36.0 Å². The molecule has 4 amide bonds. The van der Waals surface area contributed by atoms with Crippen molar-refractivity contribution in [2.75, 3.05) is 31.0 Å². The number of rotatable bonds is 6. The van der Waals surface area contributed by atoms with Gasteiger partial charge in [0.15, 0.2) is 11.5 Å². The molecule has 3 rings (SSSR count). The van der Waals surface area contributed by atoms with Crippen LogP contribution in [0.3, 0.4) is 0 Å². The molecule has 0 unspecified atom stereocenters. The van der Waals surface area contributed by atoms with Crippen molar-refractivity contribution in [2.45, 2.75) is 12.5 Å². The van der Waals surface area contributed by atoms with Gasteiger partial charge in [0.1, 0.15) is 0 Å². The molecule has 29 heavy (non-hydrogen) atoms. The molecule has 0 saturated carbocycles. The van der Waals surface area contributed by atoms with Crippen LogP contribution in [0.25, 0.3) is 0 Å². The predicted octanol–water partition coefficient (Wildman–Crippen LogP) is 1.73. The van der Waals surface area contributed by atoms with E-state index in [1.165, 1.54) is 19.2 Å².